The standard InChI is InChI=1S/C26H47N5O3/c1-6-21-19(4)13-10-8-7-9-11-15-26(5,31-23(33)18(2)3)22(32)17-20(24(34)30-21)14-12-16-29-25(27)28/h18,20-21H,4,6-17H2,1-3,5H3,(H,30,34)(H,31,33)(H4,27,28,29)/t20-,21+,26-/m1/s1. The zero-order valence-corrected chi connectivity index (χ0v) is 21.8. The number of amides is 2. The molecule has 0 spiro atoms. The number of carbonyl (C=O) groups is 3. The lowest BCUT2D eigenvalue weighted by Gasteiger charge is -2.32. The monoisotopic (exact) mass is 477 g/mol. The molecule has 3 atom stereocenters. The molecule has 0 saturated carbocycles. The molecule has 0 aliphatic carbocycles. The number of nitrogens with two attached hydrogens (primary N) is 2. The van der Waals surface area contributed by atoms with Gasteiger partial charge in [-0.3, -0.25) is 19.4 Å². The van der Waals surface area contributed by atoms with E-state index in [1.165, 1.54) is 0 Å². The molecule has 1 saturated heterocycles. The van der Waals surface area contributed by atoms with Gasteiger partial charge in [0.2, 0.25) is 11.8 Å². The highest BCUT2D eigenvalue weighted by Gasteiger charge is 2.37. The van der Waals surface area contributed by atoms with Crippen molar-refractivity contribution in [2.24, 2.45) is 28.3 Å². The van der Waals surface area contributed by atoms with Crippen LogP contribution in [0.15, 0.2) is 17.1 Å². The van der Waals surface area contributed by atoms with Crippen LogP contribution in [-0.2, 0) is 14.4 Å². The molecule has 34 heavy (non-hydrogen) atoms. The normalized spacial score (nSPS) is 25.7. The Kier molecular flexibility index (Phi) is 12.9. The molecule has 0 radical (unpaired) electrons. The van der Waals surface area contributed by atoms with E-state index in [0.717, 1.165) is 50.5 Å². The Bertz CT molecular complexity index is 730. The Labute approximate surface area is 205 Å². The summed E-state index contributed by atoms with van der Waals surface area (Å²) in [6, 6.07) is -0.111. The van der Waals surface area contributed by atoms with Gasteiger partial charge in [-0.1, -0.05) is 58.6 Å². The van der Waals surface area contributed by atoms with Crippen molar-refractivity contribution in [3.8, 4) is 0 Å². The van der Waals surface area contributed by atoms with Gasteiger partial charge in [0, 0.05) is 30.8 Å². The summed E-state index contributed by atoms with van der Waals surface area (Å²) in [5, 5.41) is 6.12. The first kappa shape index (κ1) is 29.7. The van der Waals surface area contributed by atoms with Gasteiger partial charge in [-0.15, -0.1) is 0 Å². The minimum Gasteiger partial charge on any atom is -0.370 e. The number of hydrogen-bond donors (Lipinski definition) is 4. The molecule has 0 aromatic carbocycles. The van der Waals surface area contributed by atoms with Crippen LogP contribution in [0.2, 0.25) is 0 Å². The van der Waals surface area contributed by atoms with Crippen molar-refractivity contribution >= 4 is 23.6 Å². The number of ketones is 1. The van der Waals surface area contributed by atoms with Gasteiger partial charge in [0.1, 0.15) is 0 Å². The van der Waals surface area contributed by atoms with Crippen LogP contribution < -0.4 is 22.1 Å². The topological polar surface area (TPSA) is 140 Å². The van der Waals surface area contributed by atoms with Gasteiger partial charge in [-0.05, 0) is 45.4 Å². The van der Waals surface area contributed by atoms with Gasteiger partial charge in [-0.25, -0.2) is 0 Å². The molecule has 1 fully saturated rings. The van der Waals surface area contributed by atoms with E-state index in [-0.39, 0.29) is 41.9 Å². The van der Waals surface area contributed by atoms with E-state index in [0.29, 0.717) is 25.8 Å². The molecule has 0 aromatic heterocycles. The van der Waals surface area contributed by atoms with Crippen LogP contribution >= 0.6 is 0 Å². The van der Waals surface area contributed by atoms with Gasteiger partial charge in [0.25, 0.3) is 0 Å². The highest BCUT2D eigenvalue weighted by Crippen LogP contribution is 2.25. The van der Waals surface area contributed by atoms with Crippen molar-refractivity contribution in [3.63, 3.8) is 0 Å². The average molecular weight is 478 g/mol. The summed E-state index contributed by atoms with van der Waals surface area (Å²) in [6.45, 7) is 12.1. The molecule has 0 aromatic rings. The maximum absolute atomic E-state index is 13.6. The number of guanidine groups is 1. The fourth-order valence-electron chi connectivity index (χ4n) is 4.33. The van der Waals surface area contributed by atoms with Gasteiger partial charge in [-0.2, -0.15) is 0 Å². The number of rotatable bonds is 7. The van der Waals surface area contributed by atoms with Crippen molar-refractivity contribution in [2.75, 3.05) is 6.54 Å². The fourth-order valence-corrected chi connectivity index (χ4v) is 4.33. The smallest absolute Gasteiger partial charge is 0.224 e. The van der Waals surface area contributed by atoms with Crippen LogP contribution in [0.25, 0.3) is 0 Å². The van der Waals surface area contributed by atoms with Gasteiger partial charge in [0.05, 0.1) is 5.54 Å². The largest absolute Gasteiger partial charge is 0.370 e. The van der Waals surface area contributed by atoms with Crippen LogP contribution in [0.5, 0.6) is 0 Å². The van der Waals surface area contributed by atoms with Crippen LogP contribution in [-0.4, -0.2) is 41.7 Å². The third kappa shape index (κ3) is 10.3. The molecule has 8 heteroatoms. The van der Waals surface area contributed by atoms with Gasteiger partial charge >= 0.3 is 0 Å². The maximum Gasteiger partial charge on any atom is 0.224 e. The summed E-state index contributed by atoms with van der Waals surface area (Å²) in [6.07, 6.45) is 8.36. The Morgan fingerprint density at radius 3 is 2.47 bits per heavy atom. The Hall–Kier alpha value is -2.38. The predicted molar refractivity (Wildman–Crippen MR) is 138 cm³/mol. The first-order valence-electron chi connectivity index (χ1n) is 12.9. The fraction of sp³-hybridized carbons (Fsp3) is 0.769. The summed E-state index contributed by atoms with van der Waals surface area (Å²) < 4.78 is 0. The molecule has 1 aliphatic rings. The predicted octanol–water partition coefficient (Wildman–Crippen LogP) is 3.34. The van der Waals surface area contributed by atoms with Crippen LogP contribution in [0.4, 0.5) is 0 Å². The number of hydrogen-bond acceptors (Lipinski definition) is 4. The maximum atomic E-state index is 13.6. The molecule has 8 nitrogen and oxygen atoms in total. The SMILES string of the molecule is C=C1CCCCCCC[C@@](C)(NC(=O)C(C)C)C(=O)C[C@@H](CCCN=C(N)N)C(=O)N[C@H]1CC. The van der Waals surface area contributed by atoms with E-state index in [4.69, 9.17) is 11.5 Å². The quantitative estimate of drug-likeness (QED) is 0.193. The number of aliphatic imine (C=N–C) groups is 1. The number of carbonyl (C=O) groups excluding carboxylic acids is 3. The third-order valence-electron chi connectivity index (χ3n) is 6.74. The zero-order valence-electron chi connectivity index (χ0n) is 21.8. The van der Waals surface area contributed by atoms with Crippen molar-refractivity contribution in [1.29, 1.82) is 0 Å². The van der Waals surface area contributed by atoms with Crippen LogP contribution in [0, 0.1) is 11.8 Å². The number of Topliss-reactive ketones (excluding diaryl/α,β-unsaturated/α-hetero) is 1. The van der Waals surface area contributed by atoms with E-state index in [9.17, 15) is 14.4 Å². The second-order valence-corrected chi connectivity index (χ2v) is 10.1. The third-order valence-corrected chi connectivity index (χ3v) is 6.74. The molecule has 0 unspecified atom stereocenters. The van der Waals surface area contributed by atoms with Gasteiger partial charge in [0.15, 0.2) is 11.7 Å². The van der Waals surface area contributed by atoms with E-state index >= 15 is 0 Å². The molecular formula is C26H47N5O3. The van der Waals surface area contributed by atoms with E-state index < -0.39 is 11.5 Å². The molecular weight excluding hydrogens is 430 g/mol. The molecule has 194 valence electrons. The lowest BCUT2D eigenvalue weighted by atomic mass is 9.82. The molecule has 2 amide bonds. The first-order chi connectivity index (χ1) is 16.0. The average Bonchev–Trinajstić information content (AvgIpc) is 2.77. The van der Waals surface area contributed by atoms with E-state index in [1.807, 2.05) is 20.8 Å². The number of nitrogens with one attached hydrogen (secondary N) is 2. The van der Waals surface area contributed by atoms with Crippen molar-refractivity contribution in [1.82, 2.24) is 10.6 Å². The highest BCUT2D eigenvalue weighted by atomic mass is 16.2. The molecule has 0 bridgehead atoms. The summed E-state index contributed by atoms with van der Waals surface area (Å²) >= 11 is 0. The lowest BCUT2D eigenvalue weighted by Crippen LogP contribution is -2.54. The zero-order chi connectivity index (χ0) is 25.7. The molecule has 1 aliphatic heterocycles. The summed E-state index contributed by atoms with van der Waals surface area (Å²) in [5.74, 6) is -1.15. The highest BCUT2D eigenvalue weighted by molar-refractivity contribution is 5.95. The summed E-state index contributed by atoms with van der Waals surface area (Å²) in [4.78, 5) is 43.4. The number of nitrogens with zero attached hydrogens (tertiary/aromatic N) is 1. The van der Waals surface area contributed by atoms with Crippen LogP contribution in [0.3, 0.4) is 0 Å². The molecule has 1 rings (SSSR count). The van der Waals surface area contributed by atoms with Gasteiger partial charge < -0.3 is 22.1 Å². The first-order valence-corrected chi connectivity index (χ1v) is 12.9. The van der Waals surface area contributed by atoms with Crippen molar-refractivity contribution < 1.29 is 14.4 Å². The Balaban J connectivity index is 3.17. The summed E-state index contributed by atoms with van der Waals surface area (Å²) in [7, 11) is 0. The van der Waals surface area contributed by atoms with Crippen LogP contribution in [0.1, 0.15) is 98.3 Å². The van der Waals surface area contributed by atoms with E-state index in [2.05, 4.69) is 22.2 Å². The van der Waals surface area contributed by atoms with Crippen molar-refractivity contribution in [2.45, 2.75) is 110 Å². The second-order valence-electron chi connectivity index (χ2n) is 10.1. The summed E-state index contributed by atoms with van der Waals surface area (Å²) in [5.41, 5.74) is 10.9. The lowest BCUT2D eigenvalue weighted by molar-refractivity contribution is -0.136. The van der Waals surface area contributed by atoms with E-state index in [1.54, 1.807) is 6.92 Å². The molecule has 1 heterocycles. The minimum atomic E-state index is -0.992. The second kappa shape index (κ2) is 14.8. The van der Waals surface area contributed by atoms with Crippen molar-refractivity contribution in [3.05, 3.63) is 12.2 Å². The Morgan fingerprint density at radius 1 is 1.21 bits per heavy atom. The Morgan fingerprint density at radius 2 is 1.85 bits per heavy atom. The molecule has 6 N–H and O–H groups in total. The minimum absolute atomic E-state index is 0.00826.